The number of aryl methyl sites for hydroxylation is 1. The van der Waals surface area contributed by atoms with Gasteiger partial charge in [-0.3, -0.25) is 9.36 Å². The highest BCUT2D eigenvalue weighted by atomic mass is 19.4. The predicted molar refractivity (Wildman–Crippen MR) is 122 cm³/mol. The molecule has 1 atom stereocenters. The summed E-state index contributed by atoms with van der Waals surface area (Å²) in [6.07, 6.45) is 3.43. The van der Waals surface area contributed by atoms with Crippen LogP contribution in [0.3, 0.4) is 0 Å². The molecule has 4 rings (SSSR count). The highest BCUT2D eigenvalue weighted by Gasteiger charge is 2.35. The van der Waals surface area contributed by atoms with Gasteiger partial charge in [-0.05, 0) is 43.0 Å². The number of benzene rings is 1. The molecule has 1 aliphatic heterocycles. The van der Waals surface area contributed by atoms with E-state index < -0.39 is 23.3 Å². The van der Waals surface area contributed by atoms with Crippen molar-refractivity contribution in [1.29, 1.82) is 0 Å². The summed E-state index contributed by atoms with van der Waals surface area (Å²) < 4.78 is 47.1. The summed E-state index contributed by atoms with van der Waals surface area (Å²) in [4.78, 5) is 21.6. The number of halogens is 3. The van der Waals surface area contributed by atoms with E-state index in [-0.39, 0.29) is 16.9 Å². The molecule has 178 valence electrons. The van der Waals surface area contributed by atoms with Crippen molar-refractivity contribution in [2.75, 3.05) is 18.5 Å². The summed E-state index contributed by atoms with van der Waals surface area (Å²) in [7, 11) is 1.59. The smallest absolute Gasteiger partial charge is 0.381 e. The average molecular weight is 471 g/mol. The maximum atomic E-state index is 13.4. The Morgan fingerprint density at radius 3 is 2.65 bits per heavy atom. The van der Waals surface area contributed by atoms with Gasteiger partial charge in [0.25, 0.3) is 5.56 Å². The Balaban J connectivity index is 1.83. The van der Waals surface area contributed by atoms with Crippen LogP contribution in [0.15, 0.2) is 35.4 Å². The van der Waals surface area contributed by atoms with Crippen molar-refractivity contribution in [3.63, 3.8) is 0 Å². The molecule has 0 amide bonds. The molecule has 1 aromatic carbocycles. The van der Waals surface area contributed by atoms with Crippen LogP contribution in [0.4, 0.5) is 19.0 Å². The Morgan fingerprint density at radius 1 is 1.29 bits per heavy atom. The molecular formula is C24H24F3N5O2. The number of hydrogen-bond acceptors (Lipinski definition) is 6. The SMILES string of the molecule is C#CC(Nc1ncnc2c1cc(C1(N)CCOCC1)c(=O)n2C)c1cccc(C(F)(F)F)c1C. The van der Waals surface area contributed by atoms with E-state index in [1.165, 1.54) is 23.9 Å². The molecule has 3 heterocycles. The molecule has 1 unspecified atom stereocenters. The molecule has 0 radical (unpaired) electrons. The number of aromatic nitrogens is 3. The first kappa shape index (κ1) is 23.7. The summed E-state index contributed by atoms with van der Waals surface area (Å²) in [6.45, 7) is 2.25. The van der Waals surface area contributed by atoms with Gasteiger partial charge in [0.1, 0.15) is 23.8 Å². The van der Waals surface area contributed by atoms with E-state index in [1.54, 1.807) is 19.2 Å². The highest BCUT2D eigenvalue weighted by molar-refractivity contribution is 5.87. The molecule has 1 fully saturated rings. The van der Waals surface area contributed by atoms with Gasteiger partial charge in [0.15, 0.2) is 0 Å². The normalized spacial score (nSPS) is 16.7. The van der Waals surface area contributed by atoms with Gasteiger partial charge in [-0.1, -0.05) is 18.1 Å². The van der Waals surface area contributed by atoms with Gasteiger partial charge in [-0.2, -0.15) is 13.2 Å². The number of pyridine rings is 1. The van der Waals surface area contributed by atoms with E-state index in [2.05, 4.69) is 21.2 Å². The summed E-state index contributed by atoms with van der Waals surface area (Å²) in [5.74, 6) is 2.80. The van der Waals surface area contributed by atoms with Crippen molar-refractivity contribution in [2.45, 2.75) is 37.5 Å². The lowest BCUT2D eigenvalue weighted by atomic mass is 9.84. The van der Waals surface area contributed by atoms with Crippen molar-refractivity contribution in [3.05, 3.63) is 63.2 Å². The molecule has 0 spiro atoms. The second kappa shape index (κ2) is 8.74. The first-order chi connectivity index (χ1) is 16.1. The van der Waals surface area contributed by atoms with Crippen LogP contribution in [0.1, 0.15) is 41.1 Å². The number of terminal acetylenes is 1. The molecule has 34 heavy (non-hydrogen) atoms. The Hall–Kier alpha value is -3.42. The molecular weight excluding hydrogens is 447 g/mol. The summed E-state index contributed by atoms with van der Waals surface area (Å²) >= 11 is 0. The molecule has 0 saturated carbocycles. The zero-order chi connectivity index (χ0) is 24.7. The number of nitrogens with two attached hydrogens (primary N) is 1. The number of hydrogen-bond donors (Lipinski definition) is 2. The van der Waals surface area contributed by atoms with Gasteiger partial charge in [0.05, 0.1) is 16.5 Å². The third kappa shape index (κ3) is 4.13. The fraction of sp³-hybridized carbons (Fsp3) is 0.375. The third-order valence-electron chi connectivity index (χ3n) is 6.37. The van der Waals surface area contributed by atoms with Crippen molar-refractivity contribution in [3.8, 4) is 12.3 Å². The largest absolute Gasteiger partial charge is 0.416 e. The van der Waals surface area contributed by atoms with Gasteiger partial charge in [-0.25, -0.2) is 9.97 Å². The maximum Gasteiger partial charge on any atom is 0.416 e. The number of alkyl halides is 3. The highest BCUT2D eigenvalue weighted by Crippen LogP contribution is 2.36. The number of rotatable bonds is 4. The van der Waals surface area contributed by atoms with E-state index in [0.29, 0.717) is 48.2 Å². The molecule has 1 aliphatic rings. The number of ether oxygens (including phenoxy) is 1. The maximum absolute atomic E-state index is 13.4. The van der Waals surface area contributed by atoms with Gasteiger partial charge in [0, 0.05) is 25.8 Å². The average Bonchev–Trinajstić information content (AvgIpc) is 2.80. The monoisotopic (exact) mass is 471 g/mol. The van der Waals surface area contributed by atoms with Gasteiger partial charge < -0.3 is 15.8 Å². The molecule has 3 N–H and O–H groups in total. The fourth-order valence-corrected chi connectivity index (χ4v) is 4.37. The minimum atomic E-state index is -4.51. The van der Waals surface area contributed by atoms with Crippen molar-refractivity contribution < 1.29 is 17.9 Å². The Labute approximate surface area is 194 Å². The fourth-order valence-electron chi connectivity index (χ4n) is 4.37. The zero-order valence-electron chi connectivity index (χ0n) is 18.7. The van der Waals surface area contributed by atoms with Crippen molar-refractivity contribution in [2.24, 2.45) is 12.8 Å². The van der Waals surface area contributed by atoms with Crippen LogP contribution in [-0.4, -0.2) is 27.7 Å². The van der Waals surface area contributed by atoms with Crippen LogP contribution in [0, 0.1) is 19.3 Å². The molecule has 10 heteroatoms. The minimum Gasteiger partial charge on any atom is -0.381 e. The summed E-state index contributed by atoms with van der Waals surface area (Å²) in [5.41, 5.74) is 5.76. The van der Waals surface area contributed by atoms with Gasteiger partial charge in [-0.15, -0.1) is 6.42 Å². The second-order valence-corrected chi connectivity index (χ2v) is 8.41. The van der Waals surface area contributed by atoms with Crippen LogP contribution >= 0.6 is 0 Å². The first-order valence-corrected chi connectivity index (χ1v) is 10.7. The van der Waals surface area contributed by atoms with Crippen LogP contribution in [0.25, 0.3) is 11.0 Å². The quantitative estimate of drug-likeness (QED) is 0.567. The molecule has 7 nitrogen and oxygen atoms in total. The Kier molecular flexibility index (Phi) is 6.10. The van der Waals surface area contributed by atoms with Gasteiger partial charge in [0.2, 0.25) is 0 Å². The molecule has 0 aliphatic carbocycles. The summed E-state index contributed by atoms with van der Waals surface area (Å²) in [5, 5.41) is 3.55. The lowest BCUT2D eigenvalue weighted by molar-refractivity contribution is -0.138. The van der Waals surface area contributed by atoms with Crippen LogP contribution in [0.5, 0.6) is 0 Å². The van der Waals surface area contributed by atoms with Crippen LogP contribution in [0.2, 0.25) is 0 Å². The molecule has 0 bridgehead atoms. The lowest BCUT2D eigenvalue weighted by Crippen LogP contribution is -2.46. The minimum absolute atomic E-state index is 0.0278. The molecule has 3 aromatic rings. The third-order valence-corrected chi connectivity index (χ3v) is 6.37. The van der Waals surface area contributed by atoms with E-state index in [9.17, 15) is 18.0 Å². The lowest BCUT2D eigenvalue weighted by Gasteiger charge is -2.33. The standard InChI is InChI=1S/C24H24F3N5O2/c1-4-19(15-6-5-7-17(14(15)2)24(25,26)27)31-20-16-12-18(23(28)8-10-34-11-9-23)22(33)32(3)21(16)30-13-29-20/h1,5-7,12-13,19H,8-11,28H2,2-3H3,(H,29,30,31). The molecule has 1 saturated heterocycles. The van der Waals surface area contributed by atoms with E-state index in [0.717, 1.165) is 6.07 Å². The number of nitrogens with zero attached hydrogens (tertiary/aromatic N) is 3. The zero-order valence-corrected chi connectivity index (χ0v) is 18.7. The predicted octanol–water partition coefficient (Wildman–Crippen LogP) is 3.41. The van der Waals surface area contributed by atoms with Crippen molar-refractivity contribution >= 4 is 16.9 Å². The van der Waals surface area contributed by atoms with E-state index >= 15 is 0 Å². The number of anilines is 1. The summed E-state index contributed by atoms with van der Waals surface area (Å²) in [6, 6.07) is 4.63. The van der Waals surface area contributed by atoms with Crippen LogP contribution in [-0.2, 0) is 23.5 Å². The Bertz CT molecular complexity index is 1340. The number of fused-ring (bicyclic) bond motifs is 1. The Morgan fingerprint density at radius 2 is 2.00 bits per heavy atom. The molecule has 2 aromatic heterocycles. The van der Waals surface area contributed by atoms with Gasteiger partial charge >= 0.3 is 6.18 Å². The second-order valence-electron chi connectivity index (χ2n) is 8.41. The van der Waals surface area contributed by atoms with E-state index in [1.807, 2.05) is 0 Å². The first-order valence-electron chi connectivity index (χ1n) is 10.7. The van der Waals surface area contributed by atoms with E-state index in [4.69, 9.17) is 16.9 Å². The van der Waals surface area contributed by atoms with Crippen LogP contribution < -0.4 is 16.6 Å². The topological polar surface area (TPSA) is 95.1 Å². The number of nitrogens with one attached hydrogen (secondary N) is 1. The van der Waals surface area contributed by atoms with Crippen molar-refractivity contribution in [1.82, 2.24) is 14.5 Å².